The van der Waals surface area contributed by atoms with E-state index in [0.29, 0.717) is 22.8 Å². The first-order chi connectivity index (χ1) is 12.6. The van der Waals surface area contributed by atoms with Gasteiger partial charge in [0.1, 0.15) is 11.9 Å². The average molecular weight is 350 g/mol. The van der Waals surface area contributed by atoms with E-state index in [-0.39, 0.29) is 5.56 Å². The van der Waals surface area contributed by atoms with Crippen LogP contribution in [0.1, 0.15) is 15.9 Å². The zero-order valence-corrected chi connectivity index (χ0v) is 13.3. The predicted octanol–water partition coefficient (Wildman–Crippen LogP) is 4.23. The van der Waals surface area contributed by atoms with Gasteiger partial charge in [0.15, 0.2) is 11.6 Å². The van der Waals surface area contributed by atoms with Crippen LogP contribution in [-0.4, -0.2) is 10.9 Å². The second-order valence-electron chi connectivity index (χ2n) is 5.30. The fourth-order valence-corrected chi connectivity index (χ4v) is 2.21. The van der Waals surface area contributed by atoms with Gasteiger partial charge >= 0.3 is 0 Å². The van der Waals surface area contributed by atoms with Crippen molar-refractivity contribution in [3.8, 4) is 6.07 Å². The standard InChI is InChI=1S/C19H12F2N4O/c20-15-7-5-12(9-16(15)21)19(26)24-14-6-8-18(23-11-14)25-17-4-2-1-3-13(17)10-22/h1-9,11H,(H,23,25)(H,24,26). The van der Waals surface area contributed by atoms with Crippen molar-refractivity contribution >= 4 is 23.1 Å². The number of aromatic nitrogens is 1. The largest absolute Gasteiger partial charge is 0.339 e. The third-order valence-corrected chi connectivity index (χ3v) is 3.51. The summed E-state index contributed by atoms with van der Waals surface area (Å²) in [5, 5.41) is 14.6. The van der Waals surface area contributed by atoms with Gasteiger partial charge in [-0.1, -0.05) is 12.1 Å². The molecule has 0 saturated carbocycles. The number of amides is 1. The summed E-state index contributed by atoms with van der Waals surface area (Å²) in [6.45, 7) is 0. The monoisotopic (exact) mass is 350 g/mol. The zero-order chi connectivity index (χ0) is 18.5. The second kappa shape index (κ2) is 7.40. The van der Waals surface area contributed by atoms with Gasteiger partial charge in [0.25, 0.3) is 5.91 Å². The summed E-state index contributed by atoms with van der Waals surface area (Å²) in [5.74, 6) is -2.21. The van der Waals surface area contributed by atoms with E-state index in [1.165, 1.54) is 12.3 Å². The zero-order valence-electron chi connectivity index (χ0n) is 13.3. The van der Waals surface area contributed by atoms with Crippen LogP contribution in [0, 0.1) is 23.0 Å². The minimum Gasteiger partial charge on any atom is -0.339 e. The smallest absolute Gasteiger partial charge is 0.255 e. The van der Waals surface area contributed by atoms with Gasteiger partial charge in [-0.15, -0.1) is 0 Å². The topological polar surface area (TPSA) is 77.8 Å². The Morgan fingerprint density at radius 3 is 2.54 bits per heavy atom. The molecule has 3 aromatic rings. The SMILES string of the molecule is N#Cc1ccccc1Nc1ccc(NC(=O)c2ccc(F)c(F)c2)cn1. The number of nitriles is 1. The molecule has 0 fully saturated rings. The number of nitrogens with zero attached hydrogens (tertiary/aromatic N) is 2. The van der Waals surface area contributed by atoms with Crippen molar-refractivity contribution in [1.29, 1.82) is 5.26 Å². The van der Waals surface area contributed by atoms with Gasteiger partial charge in [-0.25, -0.2) is 13.8 Å². The van der Waals surface area contributed by atoms with Gasteiger partial charge in [-0.3, -0.25) is 4.79 Å². The molecule has 0 bridgehead atoms. The second-order valence-corrected chi connectivity index (χ2v) is 5.30. The summed E-state index contributed by atoms with van der Waals surface area (Å²) in [6, 6.07) is 15.2. The molecule has 0 atom stereocenters. The summed E-state index contributed by atoms with van der Waals surface area (Å²) in [5.41, 5.74) is 1.47. The highest BCUT2D eigenvalue weighted by atomic mass is 19.2. The van der Waals surface area contributed by atoms with Crippen LogP contribution in [0.3, 0.4) is 0 Å². The number of carbonyl (C=O) groups excluding carboxylic acids is 1. The normalized spacial score (nSPS) is 10.0. The van der Waals surface area contributed by atoms with Gasteiger partial charge in [-0.2, -0.15) is 5.26 Å². The van der Waals surface area contributed by atoms with Crippen LogP contribution in [0.5, 0.6) is 0 Å². The maximum Gasteiger partial charge on any atom is 0.255 e. The van der Waals surface area contributed by atoms with Crippen molar-refractivity contribution in [3.05, 3.63) is 83.6 Å². The molecule has 0 aliphatic carbocycles. The predicted molar refractivity (Wildman–Crippen MR) is 93.0 cm³/mol. The van der Waals surface area contributed by atoms with Crippen molar-refractivity contribution < 1.29 is 13.6 Å². The van der Waals surface area contributed by atoms with Gasteiger partial charge < -0.3 is 10.6 Å². The molecule has 0 aliphatic rings. The summed E-state index contributed by atoms with van der Waals surface area (Å²) >= 11 is 0. The highest BCUT2D eigenvalue weighted by molar-refractivity contribution is 6.04. The maximum atomic E-state index is 13.2. The van der Waals surface area contributed by atoms with Crippen molar-refractivity contribution in [2.24, 2.45) is 0 Å². The Morgan fingerprint density at radius 2 is 1.85 bits per heavy atom. The molecule has 0 aliphatic heterocycles. The number of rotatable bonds is 4. The van der Waals surface area contributed by atoms with E-state index in [2.05, 4.69) is 21.7 Å². The van der Waals surface area contributed by atoms with Crippen molar-refractivity contribution in [2.45, 2.75) is 0 Å². The molecule has 1 heterocycles. The number of para-hydroxylation sites is 1. The van der Waals surface area contributed by atoms with Crippen molar-refractivity contribution in [3.63, 3.8) is 0 Å². The third kappa shape index (κ3) is 3.82. The molecule has 0 unspecified atom stereocenters. The number of nitrogens with one attached hydrogen (secondary N) is 2. The Hall–Kier alpha value is -3.79. The molecule has 1 amide bonds. The molecule has 7 heteroatoms. The number of hydrogen-bond acceptors (Lipinski definition) is 4. The lowest BCUT2D eigenvalue weighted by Crippen LogP contribution is -2.12. The maximum absolute atomic E-state index is 13.2. The molecule has 128 valence electrons. The Bertz CT molecular complexity index is 997. The third-order valence-electron chi connectivity index (χ3n) is 3.51. The van der Waals surface area contributed by atoms with E-state index >= 15 is 0 Å². The average Bonchev–Trinajstić information content (AvgIpc) is 2.66. The number of benzene rings is 2. The Morgan fingerprint density at radius 1 is 1.04 bits per heavy atom. The molecule has 0 saturated heterocycles. The first kappa shape index (κ1) is 17.0. The van der Waals surface area contributed by atoms with Gasteiger partial charge in [0.05, 0.1) is 23.1 Å². The van der Waals surface area contributed by atoms with E-state index in [1.807, 2.05) is 0 Å². The minimum atomic E-state index is -1.09. The molecule has 0 spiro atoms. The molecular formula is C19H12F2N4O. The van der Waals surface area contributed by atoms with E-state index in [9.17, 15) is 13.6 Å². The fourth-order valence-electron chi connectivity index (χ4n) is 2.21. The lowest BCUT2D eigenvalue weighted by molar-refractivity contribution is 0.102. The number of carbonyl (C=O) groups is 1. The van der Waals surface area contributed by atoms with Crippen molar-refractivity contribution in [1.82, 2.24) is 4.98 Å². The molecule has 1 aromatic heterocycles. The van der Waals surface area contributed by atoms with Crippen LogP contribution in [0.15, 0.2) is 60.8 Å². The Balaban J connectivity index is 1.70. The van der Waals surface area contributed by atoms with Crippen LogP contribution in [0.25, 0.3) is 0 Å². The number of halogens is 2. The minimum absolute atomic E-state index is 0.00551. The fraction of sp³-hybridized carbons (Fsp3) is 0. The first-order valence-electron chi connectivity index (χ1n) is 7.55. The summed E-state index contributed by atoms with van der Waals surface area (Å²) in [4.78, 5) is 16.2. The van der Waals surface area contributed by atoms with Gasteiger partial charge in [0, 0.05) is 5.56 Å². The lowest BCUT2D eigenvalue weighted by atomic mass is 10.2. The number of pyridine rings is 1. The Labute approximate surface area is 147 Å². The van der Waals surface area contributed by atoms with Crippen LogP contribution < -0.4 is 10.6 Å². The molecule has 2 N–H and O–H groups in total. The van der Waals surface area contributed by atoms with Gasteiger partial charge in [-0.05, 0) is 42.5 Å². The molecule has 5 nitrogen and oxygen atoms in total. The molecule has 2 aromatic carbocycles. The van der Waals surface area contributed by atoms with Crippen LogP contribution in [0.4, 0.5) is 26.0 Å². The molecule has 3 rings (SSSR count). The highest BCUT2D eigenvalue weighted by Gasteiger charge is 2.10. The van der Waals surface area contributed by atoms with Crippen LogP contribution >= 0.6 is 0 Å². The highest BCUT2D eigenvalue weighted by Crippen LogP contribution is 2.20. The van der Waals surface area contributed by atoms with Crippen LogP contribution in [0.2, 0.25) is 0 Å². The quantitative estimate of drug-likeness (QED) is 0.738. The number of hydrogen-bond donors (Lipinski definition) is 2. The summed E-state index contributed by atoms with van der Waals surface area (Å²) < 4.78 is 26.1. The molecule has 26 heavy (non-hydrogen) atoms. The molecular weight excluding hydrogens is 338 g/mol. The lowest BCUT2D eigenvalue weighted by Gasteiger charge is -2.09. The summed E-state index contributed by atoms with van der Waals surface area (Å²) in [6.07, 6.45) is 1.41. The summed E-state index contributed by atoms with van der Waals surface area (Å²) in [7, 11) is 0. The van der Waals surface area contributed by atoms with Crippen LogP contribution in [-0.2, 0) is 0 Å². The van der Waals surface area contributed by atoms with E-state index < -0.39 is 17.5 Å². The van der Waals surface area contributed by atoms with E-state index in [0.717, 1.165) is 12.1 Å². The van der Waals surface area contributed by atoms with Gasteiger partial charge in [0.2, 0.25) is 0 Å². The van der Waals surface area contributed by atoms with Crippen molar-refractivity contribution in [2.75, 3.05) is 10.6 Å². The Kier molecular flexibility index (Phi) is 4.85. The van der Waals surface area contributed by atoms with E-state index in [1.54, 1.807) is 36.4 Å². The molecule has 0 radical (unpaired) electrons. The van der Waals surface area contributed by atoms with E-state index in [4.69, 9.17) is 5.26 Å². The first-order valence-corrected chi connectivity index (χ1v) is 7.55. The number of anilines is 3.